The van der Waals surface area contributed by atoms with Crippen LogP contribution in [0.15, 0.2) is 41.5 Å². The Hall–Kier alpha value is -3.70. The van der Waals surface area contributed by atoms with Crippen molar-refractivity contribution in [1.29, 1.82) is 0 Å². The number of fused-ring (bicyclic) bond motifs is 1. The number of piperidine rings is 2. The van der Waals surface area contributed by atoms with Crippen molar-refractivity contribution in [3.63, 3.8) is 0 Å². The van der Waals surface area contributed by atoms with Gasteiger partial charge in [0.15, 0.2) is 0 Å². The van der Waals surface area contributed by atoms with E-state index in [-0.39, 0.29) is 29.3 Å². The molecule has 3 aliphatic rings. The number of aromatic nitrogens is 3. The topological polar surface area (TPSA) is 122 Å². The summed E-state index contributed by atoms with van der Waals surface area (Å²) in [5.41, 5.74) is -0.178. The molecule has 0 spiro atoms. The highest BCUT2D eigenvalue weighted by molar-refractivity contribution is 6.05. The highest BCUT2D eigenvalue weighted by Crippen LogP contribution is 2.35. The standard InChI is InChI=1S/C34H46N6O5/c1-33(2,3)45-32(43)38-17-10-23(11-18-38)37-15-12-25(13-16-37)40-21-22-19-29(27(34(4,5)44)20-28(22)36-40)35-30(41)26-7-6-14-39(31(26)42)24-8-9-24/h6-7,14,19-21,23-25,44H,8-13,15-18H2,1-5H3,(H,35,41). The number of carbonyl (C=O) groups is 2. The third-order valence-corrected chi connectivity index (χ3v) is 9.23. The van der Waals surface area contributed by atoms with Crippen LogP contribution in [-0.2, 0) is 10.3 Å². The van der Waals surface area contributed by atoms with Crippen LogP contribution >= 0.6 is 0 Å². The summed E-state index contributed by atoms with van der Waals surface area (Å²) < 4.78 is 9.22. The number of aliphatic hydroxyl groups is 1. The Kier molecular flexibility index (Phi) is 8.28. The highest BCUT2D eigenvalue weighted by Gasteiger charge is 2.32. The van der Waals surface area contributed by atoms with Crippen molar-refractivity contribution in [3.05, 3.63) is 58.1 Å². The number of nitrogens with zero attached hydrogens (tertiary/aromatic N) is 5. The van der Waals surface area contributed by atoms with Crippen molar-refractivity contribution in [1.82, 2.24) is 24.1 Å². The number of amides is 2. The minimum Gasteiger partial charge on any atom is -0.444 e. The number of ether oxygens (including phenoxy) is 1. The number of hydrogen-bond acceptors (Lipinski definition) is 7. The molecule has 0 radical (unpaired) electrons. The lowest BCUT2D eigenvalue weighted by Gasteiger charge is -2.41. The third-order valence-electron chi connectivity index (χ3n) is 9.23. The number of rotatable bonds is 6. The summed E-state index contributed by atoms with van der Waals surface area (Å²) in [6, 6.07) is 7.83. The number of hydrogen-bond donors (Lipinski definition) is 2. The molecular formula is C34H46N6O5. The monoisotopic (exact) mass is 618 g/mol. The minimum absolute atomic E-state index is 0.0872. The van der Waals surface area contributed by atoms with Crippen molar-refractivity contribution in [2.24, 2.45) is 0 Å². The van der Waals surface area contributed by atoms with Gasteiger partial charge in [-0.1, -0.05) is 0 Å². The molecule has 1 aliphatic carbocycles. The number of pyridine rings is 1. The summed E-state index contributed by atoms with van der Waals surface area (Å²) in [4.78, 5) is 43.1. The van der Waals surface area contributed by atoms with Gasteiger partial charge >= 0.3 is 6.09 Å². The molecule has 2 saturated heterocycles. The fourth-order valence-electron chi connectivity index (χ4n) is 6.66. The summed E-state index contributed by atoms with van der Waals surface area (Å²) in [5.74, 6) is -0.489. The fraction of sp³-hybridized carbons (Fsp3) is 0.588. The van der Waals surface area contributed by atoms with Gasteiger partial charge in [-0.05, 0) is 97.4 Å². The van der Waals surface area contributed by atoms with Crippen LogP contribution < -0.4 is 10.9 Å². The predicted octanol–water partition coefficient (Wildman–Crippen LogP) is 5.05. The molecule has 4 heterocycles. The lowest BCUT2D eigenvalue weighted by Crippen LogP contribution is -2.49. The minimum atomic E-state index is -1.24. The van der Waals surface area contributed by atoms with E-state index in [1.54, 1.807) is 36.7 Å². The van der Waals surface area contributed by atoms with Gasteiger partial charge in [-0.15, -0.1) is 0 Å². The molecule has 0 unspecified atom stereocenters. The maximum atomic E-state index is 13.3. The Morgan fingerprint density at radius 2 is 1.60 bits per heavy atom. The lowest BCUT2D eigenvalue weighted by atomic mass is 9.95. The van der Waals surface area contributed by atoms with Crippen LogP contribution in [0.2, 0.25) is 0 Å². The molecule has 242 valence electrons. The van der Waals surface area contributed by atoms with Gasteiger partial charge in [0.2, 0.25) is 0 Å². The zero-order valence-corrected chi connectivity index (χ0v) is 27.1. The quantitative estimate of drug-likeness (QED) is 0.397. The molecule has 45 heavy (non-hydrogen) atoms. The van der Waals surface area contributed by atoms with Gasteiger partial charge in [0.1, 0.15) is 11.2 Å². The first kappa shape index (κ1) is 31.3. The molecule has 2 aromatic heterocycles. The molecule has 0 atom stereocenters. The van der Waals surface area contributed by atoms with E-state index in [0.717, 1.165) is 62.5 Å². The zero-order chi connectivity index (χ0) is 32.1. The first-order valence-corrected chi connectivity index (χ1v) is 16.3. The van der Waals surface area contributed by atoms with Crippen LogP contribution in [0.4, 0.5) is 10.5 Å². The SMILES string of the molecule is CC(C)(C)OC(=O)N1CCC(N2CCC(n3cc4cc(NC(=O)c5cccn(C6CC6)c5=O)c(C(C)(C)O)cc4n3)CC2)CC1. The molecule has 11 nitrogen and oxygen atoms in total. The second-order valence-corrected chi connectivity index (χ2v) is 14.4. The van der Waals surface area contributed by atoms with Crippen LogP contribution in [0.25, 0.3) is 10.9 Å². The Morgan fingerprint density at radius 3 is 2.22 bits per heavy atom. The number of nitrogens with one attached hydrogen (secondary N) is 1. The van der Waals surface area contributed by atoms with Crippen LogP contribution in [0.1, 0.15) is 101 Å². The first-order chi connectivity index (χ1) is 21.3. The van der Waals surface area contributed by atoms with E-state index in [4.69, 9.17) is 9.84 Å². The van der Waals surface area contributed by atoms with E-state index in [1.165, 1.54) is 0 Å². The smallest absolute Gasteiger partial charge is 0.410 e. The molecule has 3 aromatic rings. The van der Waals surface area contributed by atoms with Crippen molar-refractivity contribution in [2.45, 2.75) is 102 Å². The molecule has 2 amide bonds. The maximum absolute atomic E-state index is 13.3. The van der Waals surface area contributed by atoms with Crippen molar-refractivity contribution in [2.75, 3.05) is 31.5 Å². The Morgan fingerprint density at radius 1 is 0.933 bits per heavy atom. The highest BCUT2D eigenvalue weighted by atomic mass is 16.6. The molecule has 11 heteroatoms. The van der Waals surface area contributed by atoms with Gasteiger partial charge in [0, 0.05) is 67.3 Å². The van der Waals surface area contributed by atoms with Crippen LogP contribution in [-0.4, -0.2) is 79.1 Å². The predicted molar refractivity (Wildman–Crippen MR) is 173 cm³/mol. The Balaban J connectivity index is 1.12. The fourth-order valence-corrected chi connectivity index (χ4v) is 6.66. The molecule has 1 saturated carbocycles. The molecular weight excluding hydrogens is 572 g/mol. The second-order valence-electron chi connectivity index (χ2n) is 14.4. The summed E-state index contributed by atoms with van der Waals surface area (Å²) in [6.45, 7) is 12.4. The van der Waals surface area contributed by atoms with Gasteiger partial charge < -0.3 is 29.5 Å². The Labute approximate surface area is 264 Å². The van der Waals surface area contributed by atoms with E-state index in [1.807, 2.05) is 48.7 Å². The molecule has 6 rings (SSSR count). The van der Waals surface area contributed by atoms with Gasteiger partial charge in [-0.3, -0.25) is 14.3 Å². The number of carbonyl (C=O) groups excluding carboxylic acids is 2. The summed E-state index contributed by atoms with van der Waals surface area (Å²) in [6.07, 6.45) is 9.24. The number of likely N-dealkylation sites (tertiary alicyclic amines) is 2. The average molecular weight is 619 g/mol. The molecule has 2 N–H and O–H groups in total. The zero-order valence-electron chi connectivity index (χ0n) is 27.1. The van der Waals surface area contributed by atoms with E-state index in [2.05, 4.69) is 10.2 Å². The van der Waals surface area contributed by atoms with E-state index in [9.17, 15) is 19.5 Å². The number of benzene rings is 1. The summed E-state index contributed by atoms with van der Waals surface area (Å²) in [5, 5.41) is 19.7. The van der Waals surface area contributed by atoms with Crippen LogP contribution in [0.5, 0.6) is 0 Å². The maximum Gasteiger partial charge on any atom is 0.410 e. The lowest BCUT2D eigenvalue weighted by molar-refractivity contribution is 0.0119. The largest absolute Gasteiger partial charge is 0.444 e. The Bertz CT molecular complexity index is 1630. The molecule has 0 bridgehead atoms. The second kappa shape index (κ2) is 11.9. The molecule has 1 aromatic carbocycles. The van der Waals surface area contributed by atoms with Crippen molar-refractivity contribution in [3.8, 4) is 0 Å². The molecule has 3 fully saturated rings. The normalized spacial score (nSPS) is 19.2. The first-order valence-electron chi connectivity index (χ1n) is 16.3. The van der Waals surface area contributed by atoms with E-state index >= 15 is 0 Å². The van der Waals surface area contributed by atoms with Crippen molar-refractivity contribution >= 4 is 28.6 Å². The number of anilines is 1. The van der Waals surface area contributed by atoms with Gasteiger partial charge in [-0.25, -0.2) is 4.79 Å². The van der Waals surface area contributed by atoms with E-state index < -0.39 is 17.1 Å². The molecule has 2 aliphatic heterocycles. The van der Waals surface area contributed by atoms with Gasteiger partial charge in [0.25, 0.3) is 11.5 Å². The van der Waals surface area contributed by atoms with Crippen LogP contribution in [0.3, 0.4) is 0 Å². The van der Waals surface area contributed by atoms with Gasteiger partial charge in [-0.2, -0.15) is 5.10 Å². The van der Waals surface area contributed by atoms with Crippen molar-refractivity contribution < 1.29 is 19.4 Å². The average Bonchev–Trinajstić information content (AvgIpc) is 3.74. The van der Waals surface area contributed by atoms with Gasteiger partial charge in [0.05, 0.1) is 17.2 Å². The van der Waals surface area contributed by atoms with Crippen LogP contribution in [0, 0.1) is 0 Å². The summed E-state index contributed by atoms with van der Waals surface area (Å²) in [7, 11) is 0. The summed E-state index contributed by atoms with van der Waals surface area (Å²) >= 11 is 0. The van der Waals surface area contributed by atoms with E-state index in [0.29, 0.717) is 30.4 Å². The third kappa shape index (κ3) is 6.94.